The SMILES string of the molecule is CCCc1cc(C)ccc1N(O)O.Oc1ccc(O)cc1. The molecule has 0 radical (unpaired) electrons. The van der Waals surface area contributed by atoms with Crippen LogP contribution in [-0.4, -0.2) is 20.6 Å². The second-order valence-corrected chi connectivity index (χ2v) is 4.69. The maximum Gasteiger partial charge on any atom is 0.115 e. The predicted molar refractivity (Wildman–Crippen MR) is 81.0 cm³/mol. The highest BCUT2D eigenvalue weighted by molar-refractivity contribution is 5.51. The van der Waals surface area contributed by atoms with Crippen LogP contribution < -0.4 is 5.23 Å². The minimum absolute atomic E-state index is 0.169. The lowest BCUT2D eigenvalue weighted by Gasteiger charge is -2.13. The van der Waals surface area contributed by atoms with Crippen LogP contribution in [0.5, 0.6) is 11.5 Å². The zero-order valence-corrected chi connectivity index (χ0v) is 12.2. The Kier molecular flexibility index (Phi) is 6.52. The van der Waals surface area contributed by atoms with Gasteiger partial charge in [-0.1, -0.05) is 31.0 Å². The first-order chi connectivity index (χ1) is 9.93. The fraction of sp³-hybridized carbons (Fsp3) is 0.250. The van der Waals surface area contributed by atoms with Crippen molar-refractivity contribution in [1.82, 2.24) is 0 Å². The first-order valence-corrected chi connectivity index (χ1v) is 6.69. The molecule has 0 aliphatic rings. The summed E-state index contributed by atoms with van der Waals surface area (Å²) in [5.41, 5.74) is 2.56. The maximum absolute atomic E-state index is 8.91. The first kappa shape index (κ1) is 16.8. The third-order valence-corrected chi connectivity index (χ3v) is 2.82. The van der Waals surface area contributed by atoms with Gasteiger partial charge in [-0.05, 0) is 49.2 Å². The van der Waals surface area contributed by atoms with Crippen LogP contribution in [0.2, 0.25) is 0 Å². The average molecular weight is 291 g/mol. The van der Waals surface area contributed by atoms with Gasteiger partial charge in [0.05, 0.1) is 5.69 Å². The van der Waals surface area contributed by atoms with E-state index >= 15 is 0 Å². The van der Waals surface area contributed by atoms with E-state index in [2.05, 4.69) is 6.92 Å². The fourth-order valence-corrected chi connectivity index (χ4v) is 1.83. The number of aromatic hydroxyl groups is 2. The molecule has 2 aromatic carbocycles. The highest BCUT2D eigenvalue weighted by Gasteiger charge is 2.05. The summed E-state index contributed by atoms with van der Waals surface area (Å²) in [5.74, 6) is 0.339. The van der Waals surface area contributed by atoms with E-state index in [1.54, 1.807) is 6.07 Å². The van der Waals surface area contributed by atoms with Crippen molar-refractivity contribution in [3.8, 4) is 11.5 Å². The lowest BCUT2D eigenvalue weighted by atomic mass is 10.1. The number of anilines is 1. The molecule has 0 atom stereocenters. The summed E-state index contributed by atoms with van der Waals surface area (Å²) in [6.07, 6.45) is 1.85. The molecule has 0 saturated carbocycles. The molecule has 114 valence electrons. The minimum Gasteiger partial charge on any atom is -0.508 e. The Labute approximate surface area is 124 Å². The lowest BCUT2D eigenvalue weighted by molar-refractivity contribution is 0.0287. The Morgan fingerprint density at radius 3 is 1.86 bits per heavy atom. The monoisotopic (exact) mass is 291 g/mol. The van der Waals surface area contributed by atoms with Gasteiger partial charge in [0.25, 0.3) is 0 Å². The van der Waals surface area contributed by atoms with Crippen molar-refractivity contribution in [2.45, 2.75) is 26.7 Å². The zero-order chi connectivity index (χ0) is 15.8. The summed E-state index contributed by atoms with van der Waals surface area (Å²) in [6, 6.07) is 11.2. The Hall–Kier alpha value is -2.24. The number of aryl methyl sites for hydroxylation is 2. The average Bonchev–Trinajstić information content (AvgIpc) is 2.43. The van der Waals surface area contributed by atoms with E-state index < -0.39 is 0 Å². The van der Waals surface area contributed by atoms with Crippen LogP contribution in [0.1, 0.15) is 24.5 Å². The molecular formula is C16H21NO4. The molecule has 0 aliphatic heterocycles. The van der Waals surface area contributed by atoms with Gasteiger partial charge in [0, 0.05) is 0 Å². The van der Waals surface area contributed by atoms with Crippen molar-refractivity contribution in [2.75, 3.05) is 5.23 Å². The van der Waals surface area contributed by atoms with Gasteiger partial charge < -0.3 is 10.2 Å². The van der Waals surface area contributed by atoms with E-state index in [0.717, 1.165) is 24.0 Å². The molecule has 0 fully saturated rings. The molecule has 0 unspecified atom stereocenters. The summed E-state index contributed by atoms with van der Waals surface area (Å²) in [5, 5.41) is 35.3. The number of hydrogen-bond acceptors (Lipinski definition) is 5. The number of rotatable bonds is 3. The Morgan fingerprint density at radius 1 is 0.905 bits per heavy atom. The molecule has 0 spiro atoms. The second-order valence-electron chi connectivity index (χ2n) is 4.69. The van der Waals surface area contributed by atoms with Crippen LogP contribution >= 0.6 is 0 Å². The van der Waals surface area contributed by atoms with Gasteiger partial charge in [-0.25, -0.2) is 0 Å². The molecule has 4 N–H and O–H groups in total. The standard InChI is InChI=1S/C10H15NO2.C6H6O2/c1-3-4-9-7-8(2)5-6-10(9)11(12)13;7-5-1-2-6(8)4-3-5/h5-7,12-13H,3-4H2,1-2H3;1-4,7-8H. The van der Waals surface area contributed by atoms with Crippen LogP contribution in [0.25, 0.3) is 0 Å². The van der Waals surface area contributed by atoms with Gasteiger partial charge in [0.15, 0.2) is 0 Å². The lowest BCUT2D eigenvalue weighted by Crippen LogP contribution is -2.13. The van der Waals surface area contributed by atoms with E-state index in [-0.39, 0.29) is 16.7 Å². The van der Waals surface area contributed by atoms with Gasteiger partial charge in [-0.3, -0.25) is 10.4 Å². The molecular weight excluding hydrogens is 270 g/mol. The van der Waals surface area contributed by atoms with Crippen LogP contribution in [0.4, 0.5) is 5.69 Å². The number of nitrogens with zero attached hydrogens (tertiary/aromatic N) is 1. The van der Waals surface area contributed by atoms with Crippen LogP contribution in [0.15, 0.2) is 42.5 Å². The fourth-order valence-electron chi connectivity index (χ4n) is 1.83. The number of benzene rings is 2. The molecule has 0 bridgehead atoms. The van der Waals surface area contributed by atoms with Crippen LogP contribution in [0, 0.1) is 6.92 Å². The highest BCUT2D eigenvalue weighted by atomic mass is 16.8. The van der Waals surface area contributed by atoms with Crippen molar-refractivity contribution < 1.29 is 20.6 Å². The molecule has 0 aliphatic carbocycles. The van der Waals surface area contributed by atoms with Gasteiger partial charge >= 0.3 is 0 Å². The Morgan fingerprint density at radius 2 is 1.43 bits per heavy atom. The predicted octanol–water partition coefficient (Wildman–Crippen LogP) is 3.63. The topological polar surface area (TPSA) is 84.2 Å². The van der Waals surface area contributed by atoms with Gasteiger partial charge in [-0.15, -0.1) is 5.23 Å². The minimum atomic E-state index is 0.169. The molecule has 0 amide bonds. The van der Waals surface area contributed by atoms with Crippen molar-refractivity contribution in [3.05, 3.63) is 53.6 Å². The van der Waals surface area contributed by atoms with Crippen LogP contribution in [0.3, 0.4) is 0 Å². The van der Waals surface area contributed by atoms with E-state index in [0.29, 0.717) is 5.69 Å². The molecule has 2 rings (SSSR count). The molecule has 21 heavy (non-hydrogen) atoms. The summed E-state index contributed by atoms with van der Waals surface area (Å²) < 4.78 is 0. The number of phenolic OH excluding ortho intramolecular Hbond substituents is 2. The van der Waals surface area contributed by atoms with Crippen molar-refractivity contribution >= 4 is 5.69 Å². The smallest absolute Gasteiger partial charge is 0.115 e. The van der Waals surface area contributed by atoms with Gasteiger partial charge in [-0.2, -0.15) is 0 Å². The third-order valence-electron chi connectivity index (χ3n) is 2.82. The molecule has 5 heteroatoms. The molecule has 0 heterocycles. The normalized spacial score (nSPS) is 9.71. The number of hydrogen-bond donors (Lipinski definition) is 4. The quantitative estimate of drug-likeness (QED) is 0.512. The maximum atomic E-state index is 8.91. The summed E-state index contributed by atoms with van der Waals surface area (Å²) in [6.45, 7) is 4.05. The first-order valence-electron chi connectivity index (χ1n) is 6.69. The van der Waals surface area contributed by atoms with E-state index in [1.165, 1.54) is 24.3 Å². The van der Waals surface area contributed by atoms with Crippen molar-refractivity contribution in [1.29, 1.82) is 0 Å². The van der Waals surface area contributed by atoms with Crippen LogP contribution in [-0.2, 0) is 6.42 Å². The highest BCUT2D eigenvalue weighted by Crippen LogP contribution is 2.20. The van der Waals surface area contributed by atoms with Gasteiger partial charge in [0.1, 0.15) is 11.5 Å². The summed E-state index contributed by atoms with van der Waals surface area (Å²) in [7, 11) is 0. The molecule has 2 aromatic rings. The van der Waals surface area contributed by atoms with E-state index in [4.69, 9.17) is 20.6 Å². The third kappa shape index (κ3) is 5.72. The van der Waals surface area contributed by atoms with Crippen molar-refractivity contribution in [2.24, 2.45) is 0 Å². The Balaban J connectivity index is 0.000000235. The number of phenols is 2. The zero-order valence-electron chi connectivity index (χ0n) is 12.2. The largest absolute Gasteiger partial charge is 0.508 e. The van der Waals surface area contributed by atoms with Gasteiger partial charge in [0.2, 0.25) is 0 Å². The molecule has 0 aromatic heterocycles. The molecule has 5 nitrogen and oxygen atoms in total. The summed E-state index contributed by atoms with van der Waals surface area (Å²) >= 11 is 0. The van der Waals surface area contributed by atoms with Crippen molar-refractivity contribution in [3.63, 3.8) is 0 Å². The van der Waals surface area contributed by atoms with E-state index in [9.17, 15) is 0 Å². The molecule has 0 saturated heterocycles. The van der Waals surface area contributed by atoms with E-state index in [1.807, 2.05) is 19.1 Å². The Bertz CT molecular complexity index is 532. The summed E-state index contributed by atoms with van der Waals surface area (Å²) in [4.78, 5) is 0. The second kappa shape index (κ2) is 8.14.